The van der Waals surface area contributed by atoms with Crippen molar-refractivity contribution in [2.24, 2.45) is 0 Å². The predicted octanol–water partition coefficient (Wildman–Crippen LogP) is 5.56. The first-order valence-electron chi connectivity index (χ1n) is 9.08. The van der Waals surface area contributed by atoms with E-state index in [1.54, 1.807) is 42.5 Å². The summed E-state index contributed by atoms with van der Waals surface area (Å²) in [4.78, 5) is 30.2. The van der Waals surface area contributed by atoms with E-state index in [-0.39, 0.29) is 22.2 Å². The molecule has 0 fully saturated rings. The van der Waals surface area contributed by atoms with Crippen LogP contribution in [0.15, 0.2) is 76.7 Å². The minimum Gasteiger partial charge on any atom is -0.324 e. The van der Waals surface area contributed by atoms with Gasteiger partial charge in [-0.25, -0.2) is 9.37 Å². The van der Waals surface area contributed by atoms with Crippen molar-refractivity contribution >= 4 is 57.5 Å². The van der Waals surface area contributed by atoms with Gasteiger partial charge in [0.2, 0.25) is 5.91 Å². The maximum Gasteiger partial charge on any atom is 0.266 e. The van der Waals surface area contributed by atoms with E-state index in [0.717, 1.165) is 11.8 Å². The maximum atomic E-state index is 13.4. The topological polar surface area (TPSA) is 64.0 Å². The van der Waals surface area contributed by atoms with Gasteiger partial charge in [0.05, 0.1) is 38.1 Å². The largest absolute Gasteiger partial charge is 0.324 e. The number of rotatable bonds is 5. The first-order chi connectivity index (χ1) is 14.9. The molecule has 0 saturated carbocycles. The molecule has 9 heteroatoms. The number of nitrogens with one attached hydrogen (secondary N) is 1. The van der Waals surface area contributed by atoms with Crippen LogP contribution in [0.1, 0.15) is 0 Å². The monoisotopic (exact) mass is 473 g/mol. The SMILES string of the molecule is O=C(CSc1nc2ccccc2c(=O)n1-c1ccc(F)cc1)Nc1cccc(Cl)c1Cl. The first-order valence-corrected chi connectivity index (χ1v) is 10.8. The van der Waals surface area contributed by atoms with Crippen molar-refractivity contribution in [2.75, 3.05) is 11.1 Å². The number of halogens is 3. The molecule has 0 aliphatic heterocycles. The molecule has 0 atom stereocenters. The Bertz CT molecular complexity index is 1340. The van der Waals surface area contributed by atoms with E-state index < -0.39 is 5.82 Å². The minimum atomic E-state index is -0.419. The van der Waals surface area contributed by atoms with Gasteiger partial charge in [-0.3, -0.25) is 14.2 Å². The van der Waals surface area contributed by atoms with Crippen LogP contribution >= 0.6 is 35.0 Å². The molecular weight excluding hydrogens is 460 g/mol. The lowest BCUT2D eigenvalue weighted by atomic mass is 10.2. The van der Waals surface area contributed by atoms with E-state index >= 15 is 0 Å². The number of amides is 1. The van der Waals surface area contributed by atoms with Gasteiger partial charge >= 0.3 is 0 Å². The van der Waals surface area contributed by atoms with E-state index in [4.69, 9.17) is 23.2 Å². The summed E-state index contributed by atoms with van der Waals surface area (Å²) in [6.45, 7) is 0. The van der Waals surface area contributed by atoms with Crippen LogP contribution in [0, 0.1) is 5.82 Å². The second-order valence-electron chi connectivity index (χ2n) is 6.47. The van der Waals surface area contributed by atoms with Crippen molar-refractivity contribution in [2.45, 2.75) is 5.16 Å². The Kier molecular flexibility index (Phi) is 6.27. The number of anilines is 1. The van der Waals surface area contributed by atoms with Crippen molar-refractivity contribution in [3.05, 3.63) is 92.9 Å². The van der Waals surface area contributed by atoms with E-state index in [1.807, 2.05) is 0 Å². The number of carbonyl (C=O) groups excluding carboxylic acids is 1. The number of fused-ring (bicyclic) bond motifs is 1. The van der Waals surface area contributed by atoms with Gasteiger partial charge in [0.15, 0.2) is 5.16 Å². The van der Waals surface area contributed by atoms with Crippen molar-refractivity contribution in [1.82, 2.24) is 9.55 Å². The lowest BCUT2D eigenvalue weighted by molar-refractivity contribution is -0.113. The molecule has 4 rings (SSSR count). The quantitative estimate of drug-likeness (QED) is 0.304. The number of benzene rings is 3. The summed E-state index contributed by atoms with van der Waals surface area (Å²) < 4.78 is 14.8. The Hall–Kier alpha value is -2.87. The summed E-state index contributed by atoms with van der Waals surface area (Å²) in [6, 6.07) is 17.4. The average Bonchev–Trinajstić information content (AvgIpc) is 2.76. The molecule has 0 bridgehead atoms. The fraction of sp³-hybridized carbons (Fsp3) is 0.0455. The maximum absolute atomic E-state index is 13.4. The van der Waals surface area contributed by atoms with E-state index in [0.29, 0.717) is 32.5 Å². The van der Waals surface area contributed by atoms with Crippen LogP contribution < -0.4 is 10.9 Å². The molecule has 0 radical (unpaired) electrons. The summed E-state index contributed by atoms with van der Waals surface area (Å²) >= 11 is 13.2. The van der Waals surface area contributed by atoms with Gasteiger partial charge in [-0.2, -0.15) is 0 Å². The number of nitrogens with zero attached hydrogens (tertiary/aromatic N) is 2. The van der Waals surface area contributed by atoms with Gasteiger partial charge in [0.25, 0.3) is 5.56 Å². The van der Waals surface area contributed by atoms with Crippen LogP contribution in [0.4, 0.5) is 10.1 Å². The molecule has 3 aromatic carbocycles. The van der Waals surface area contributed by atoms with Gasteiger partial charge in [0.1, 0.15) is 5.82 Å². The van der Waals surface area contributed by atoms with E-state index in [2.05, 4.69) is 10.3 Å². The van der Waals surface area contributed by atoms with E-state index in [1.165, 1.54) is 28.8 Å². The van der Waals surface area contributed by atoms with Gasteiger partial charge in [-0.05, 0) is 48.5 Å². The third-order valence-electron chi connectivity index (χ3n) is 4.39. The van der Waals surface area contributed by atoms with Crippen LogP contribution in [-0.4, -0.2) is 21.2 Å². The zero-order chi connectivity index (χ0) is 22.0. The summed E-state index contributed by atoms with van der Waals surface area (Å²) in [5.74, 6) is -0.797. The first kappa shape index (κ1) is 21.4. The normalized spacial score (nSPS) is 10.9. The Morgan fingerprint density at radius 1 is 1.03 bits per heavy atom. The lowest BCUT2D eigenvalue weighted by Gasteiger charge is -2.13. The molecule has 1 aromatic heterocycles. The smallest absolute Gasteiger partial charge is 0.266 e. The number of carbonyl (C=O) groups is 1. The highest BCUT2D eigenvalue weighted by Gasteiger charge is 2.16. The van der Waals surface area contributed by atoms with Crippen molar-refractivity contribution in [3.63, 3.8) is 0 Å². The van der Waals surface area contributed by atoms with Gasteiger partial charge < -0.3 is 5.32 Å². The molecule has 5 nitrogen and oxygen atoms in total. The second-order valence-corrected chi connectivity index (χ2v) is 8.19. The number of hydrogen-bond donors (Lipinski definition) is 1. The van der Waals surface area contributed by atoms with Crippen molar-refractivity contribution in [1.29, 1.82) is 0 Å². The van der Waals surface area contributed by atoms with Crippen molar-refractivity contribution < 1.29 is 9.18 Å². The highest BCUT2D eigenvalue weighted by molar-refractivity contribution is 7.99. The molecule has 1 N–H and O–H groups in total. The highest BCUT2D eigenvalue weighted by atomic mass is 35.5. The molecule has 156 valence electrons. The molecule has 0 aliphatic carbocycles. The van der Waals surface area contributed by atoms with Crippen LogP contribution in [0.2, 0.25) is 10.0 Å². The molecule has 0 spiro atoms. The molecule has 1 heterocycles. The van der Waals surface area contributed by atoms with E-state index in [9.17, 15) is 14.0 Å². The number of thioether (sulfide) groups is 1. The Balaban J connectivity index is 1.67. The fourth-order valence-electron chi connectivity index (χ4n) is 2.94. The number of hydrogen-bond acceptors (Lipinski definition) is 4. The predicted molar refractivity (Wildman–Crippen MR) is 123 cm³/mol. The summed E-state index contributed by atoms with van der Waals surface area (Å²) in [5, 5.41) is 4.00. The highest BCUT2D eigenvalue weighted by Crippen LogP contribution is 2.30. The Morgan fingerprint density at radius 3 is 2.55 bits per heavy atom. The summed E-state index contributed by atoms with van der Waals surface area (Å²) in [7, 11) is 0. The zero-order valence-electron chi connectivity index (χ0n) is 15.8. The van der Waals surface area contributed by atoms with Gasteiger partial charge in [-0.15, -0.1) is 0 Å². The Labute approximate surface area is 190 Å². The molecule has 4 aromatic rings. The lowest BCUT2D eigenvalue weighted by Crippen LogP contribution is -2.23. The summed E-state index contributed by atoms with van der Waals surface area (Å²) in [5.41, 5.74) is 1.04. The summed E-state index contributed by atoms with van der Waals surface area (Å²) in [6.07, 6.45) is 0. The van der Waals surface area contributed by atoms with Crippen LogP contribution in [0.3, 0.4) is 0 Å². The van der Waals surface area contributed by atoms with Gasteiger partial charge in [0, 0.05) is 0 Å². The number of aromatic nitrogens is 2. The standard InChI is InChI=1S/C22H14Cl2FN3O2S/c23-16-5-3-7-18(20(16)24)26-19(29)12-31-22-27-17-6-2-1-4-15(17)21(30)28(22)14-10-8-13(25)9-11-14/h1-11H,12H2,(H,26,29). The van der Waals surface area contributed by atoms with Crippen LogP contribution in [0.5, 0.6) is 0 Å². The third kappa shape index (κ3) is 4.58. The van der Waals surface area contributed by atoms with Gasteiger partial charge in [-0.1, -0.05) is 53.2 Å². The molecule has 0 unspecified atom stereocenters. The molecule has 1 amide bonds. The second kappa shape index (κ2) is 9.09. The molecule has 0 saturated heterocycles. The zero-order valence-corrected chi connectivity index (χ0v) is 18.1. The molecule has 31 heavy (non-hydrogen) atoms. The Morgan fingerprint density at radius 2 is 1.77 bits per heavy atom. The van der Waals surface area contributed by atoms with Crippen LogP contribution in [0.25, 0.3) is 16.6 Å². The number of para-hydroxylation sites is 1. The molecular formula is C22H14Cl2FN3O2S. The fourth-order valence-corrected chi connectivity index (χ4v) is 4.10. The van der Waals surface area contributed by atoms with Crippen LogP contribution in [-0.2, 0) is 4.79 Å². The van der Waals surface area contributed by atoms with Crippen molar-refractivity contribution in [3.8, 4) is 5.69 Å². The third-order valence-corrected chi connectivity index (χ3v) is 6.15. The minimum absolute atomic E-state index is 0.0329. The molecule has 0 aliphatic rings. The average molecular weight is 474 g/mol.